The first-order chi connectivity index (χ1) is 8.95. The Kier molecular flexibility index (Phi) is 3.85. The van der Waals surface area contributed by atoms with Crippen molar-refractivity contribution < 1.29 is 4.79 Å². The van der Waals surface area contributed by atoms with E-state index >= 15 is 0 Å². The van der Waals surface area contributed by atoms with Gasteiger partial charge in [0.05, 0.1) is 6.54 Å². The molecular formula is C13H15ClN4O. The lowest BCUT2D eigenvalue weighted by Crippen LogP contribution is -2.26. The molecule has 100 valence electrons. The van der Waals surface area contributed by atoms with Gasteiger partial charge in [0.25, 0.3) is 5.91 Å². The second kappa shape index (κ2) is 5.40. The average molecular weight is 279 g/mol. The highest BCUT2D eigenvalue weighted by Gasteiger charge is 2.14. The largest absolute Gasteiger partial charge is 0.334 e. The second-order valence-electron chi connectivity index (χ2n) is 4.52. The maximum absolute atomic E-state index is 12.3. The van der Waals surface area contributed by atoms with Gasteiger partial charge in [-0.15, -0.1) is 0 Å². The minimum atomic E-state index is -0.104. The number of hydrogen-bond donors (Lipinski definition) is 1. The fourth-order valence-electron chi connectivity index (χ4n) is 1.82. The molecule has 1 amide bonds. The van der Waals surface area contributed by atoms with E-state index in [9.17, 15) is 4.79 Å². The van der Waals surface area contributed by atoms with Crippen LogP contribution in [-0.4, -0.2) is 33.0 Å². The number of H-pyrrole nitrogens is 1. The molecule has 0 saturated carbocycles. The quantitative estimate of drug-likeness (QED) is 0.937. The fourth-order valence-corrected chi connectivity index (χ4v) is 2.11. The lowest BCUT2D eigenvalue weighted by atomic mass is 10.1. The number of aromatic amines is 1. The summed E-state index contributed by atoms with van der Waals surface area (Å²) in [6, 6.07) is 5.29. The Labute approximate surface area is 116 Å². The summed E-state index contributed by atoms with van der Waals surface area (Å²) in [6.45, 7) is 4.08. The number of rotatable bonds is 3. The van der Waals surface area contributed by atoms with Gasteiger partial charge < -0.3 is 4.90 Å². The van der Waals surface area contributed by atoms with Gasteiger partial charge in [-0.05, 0) is 37.6 Å². The number of halogens is 1. The van der Waals surface area contributed by atoms with E-state index in [0.29, 0.717) is 23.0 Å². The van der Waals surface area contributed by atoms with E-state index in [1.165, 1.54) is 0 Å². The van der Waals surface area contributed by atoms with Crippen LogP contribution in [0.4, 0.5) is 0 Å². The van der Waals surface area contributed by atoms with E-state index in [4.69, 9.17) is 11.6 Å². The highest BCUT2D eigenvalue weighted by Crippen LogP contribution is 2.16. The van der Waals surface area contributed by atoms with E-state index in [2.05, 4.69) is 15.2 Å². The first kappa shape index (κ1) is 13.5. The van der Waals surface area contributed by atoms with Gasteiger partial charge in [-0.1, -0.05) is 11.6 Å². The molecule has 0 aliphatic heterocycles. The SMILES string of the molecule is Cc1cc(Cl)cc(C(=O)N(C)Cc2n[nH]c(C)n2)c1. The molecule has 2 rings (SSSR count). The molecule has 0 aliphatic rings. The zero-order valence-corrected chi connectivity index (χ0v) is 11.8. The van der Waals surface area contributed by atoms with Crippen molar-refractivity contribution in [2.75, 3.05) is 7.05 Å². The predicted octanol–water partition coefficient (Wildman–Crippen LogP) is 2.35. The molecule has 6 heteroatoms. The Balaban J connectivity index is 2.14. The van der Waals surface area contributed by atoms with Gasteiger partial charge in [0.15, 0.2) is 5.82 Å². The molecule has 0 bridgehead atoms. The van der Waals surface area contributed by atoms with Crippen LogP contribution in [0.2, 0.25) is 5.02 Å². The van der Waals surface area contributed by atoms with Gasteiger partial charge in [0.1, 0.15) is 5.82 Å². The van der Waals surface area contributed by atoms with Crippen molar-refractivity contribution >= 4 is 17.5 Å². The van der Waals surface area contributed by atoms with Crippen LogP contribution in [0.1, 0.15) is 27.6 Å². The summed E-state index contributed by atoms with van der Waals surface area (Å²) in [5.41, 5.74) is 1.53. The van der Waals surface area contributed by atoms with Crippen LogP contribution in [0.5, 0.6) is 0 Å². The highest BCUT2D eigenvalue weighted by atomic mass is 35.5. The van der Waals surface area contributed by atoms with Crippen LogP contribution in [0.3, 0.4) is 0 Å². The molecule has 0 unspecified atom stereocenters. The zero-order chi connectivity index (χ0) is 14.0. The summed E-state index contributed by atoms with van der Waals surface area (Å²) >= 11 is 5.96. The van der Waals surface area contributed by atoms with Gasteiger partial charge in [-0.2, -0.15) is 5.10 Å². The van der Waals surface area contributed by atoms with Crippen molar-refractivity contribution in [3.63, 3.8) is 0 Å². The third-order valence-corrected chi connectivity index (χ3v) is 2.88. The van der Waals surface area contributed by atoms with Crippen molar-refractivity contribution in [3.8, 4) is 0 Å². The standard InChI is InChI=1S/C13H15ClN4O/c1-8-4-10(6-11(14)5-8)13(19)18(3)7-12-15-9(2)16-17-12/h4-6H,7H2,1-3H3,(H,15,16,17). The van der Waals surface area contributed by atoms with Crippen LogP contribution in [0.25, 0.3) is 0 Å². The number of carbonyl (C=O) groups excluding carboxylic acids is 1. The summed E-state index contributed by atoms with van der Waals surface area (Å²) in [6.07, 6.45) is 0. The lowest BCUT2D eigenvalue weighted by molar-refractivity contribution is 0.0781. The predicted molar refractivity (Wildman–Crippen MR) is 73.1 cm³/mol. The van der Waals surface area contributed by atoms with Gasteiger partial charge in [0, 0.05) is 17.6 Å². The molecule has 1 heterocycles. The molecule has 0 atom stereocenters. The first-order valence-corrected chi connectivity index (χ1v) is 6.24. The smallest absolute Gasteiger partial charge is 0.254 e. The molecule has 0 spiro atoms. The molecule has 2 aromatic rings. The molecule has 0 fully saturated rings. The lowest BCUT2D eigenvalue weighted by Gasteiger charge is -2.15. The van der Waals surface area contributed by atoms with Crippen LogP contribution in [-0.2, 0) is 6.54 Å². The topological polar surface area (TPSA) is 61.9 Å². The number of nitrogens with zero attached hydrogens (tertiary/aromatic N) is 3. The van der Waals surface area contributed by atoms with Gasteiger partial charge in [-0.3, -0.25) is 9.89 Å². The Bertz CT molecular complexity index is 588. The first-order valence-electron chi connectivity index (χ1n) is 5.86. The van der Waals surface area contributed by atoms with Crippen LogP contribution >= 0.6 is 11.6 Å². The van der Waals surface area contributed by atoms with Crippen LogP contribution < -0.4 is 0 Å². The number of carbonyl (C=O) groups is 1. The maximum Gasteiger partial charge on any atom is 0.254 e. The summed E-state index contributed by atoms with van der Waals surface area (Å²) < 4.78 is 0. The Morgan fingerprint density at radius 1 is 1.37 bits per heavy atom. The Morgan fingerprint density at radius 3 is 2.68 bits per heavy atom. The fraction of sp³-hybridized carbons (Fsp3) is 0.308. The number of nitrogens with one attached hydrogen (secondary N) is 1. The van der Waals surface area contributed by atoms with Gasteiger partial charge in [-0.25, -0.2) is 4.98 Å². The van der Waals surface area contributed by atoms with Crippen molar-refractivity contribution in [1.29, 1.82) is 0 Å². The zero-order valence-electron chi connectivity index (χ0n) is 11.1. The normalized spacial score (nSPS) is 10.5. The molecule has 1 aromatic carbocycles. The Hall–Kier alpha value is -1.88. The maximum atomic E-state index is 12.3. The van der Waals surface area contributed by atoms with Gasteiger partial charge >= 0.3 is 0 Å². The highest BCUT2D eigenvalue weighted by molar-refractivity contribution is 6.31. The molecule has 0 radical (unpaired) electrons. The minimum Gasteiger partial charge on any atom is -0.334 e. The van der Waals surface area contributed by atoms with Gasteiger partial charge in [0.2, 0.25) is 0 Å². The number of benzene rings is 1. The number of amides is 1. The molecule has 19 heavy (non-hydrogen) atoms. The molecular weight excluding hydrogens is 264 g/mol. The number of aryl methyl sites for hydroxylation is 2. The van der Waals surface area contributed by atoms with E-state index in [-0.39, 0.29) is 5.91 Å². The third-order valence-electron chi connectivity index (χ3n) is 2.66. The number of aromatic nitrogens is 3. The van der Waals surface area contributed by atoms with E-state index in [0.717, 1.165) is 11.4 Å². The molecule has 1 aromatic heterocycles. The van der Waals surface area contributed by atoms with E-state index in [1.54, 1.807) is 18.0 Å². The van der Waals surface area contributed by atoms with Crippen molar-refractivity contribution in [3.05, 3.63) is 46.0 Å². The van der Waals surface area contributed by atoms with Crippen LogP contribution in [0.15, 0.2) is 18.2 Å². The monoisotopic (exact) mass is 278 g/mol. The molecule has 0 aliphatic carbocycles. The summed E-state index contributed by atoms with van der Waals surface area (Å²) in [7, 11) is 1.71. The average Bonchev–Trinajstić information content (AvgIpc) is 2.72. The van der Waals surface area contributed by atoms with Crippen LogP contribution in [0, 0.1) is 13.8 Å². The second-order valence-corrected chi connectivity index (χ2v) is 4.95. The third kappa shape index (κ3) is 3.32. The van der Waals surface area contributed by atoms with Crippen molar-refractivity contribution in [2.24, 2.45) is 0 Å². The van der Waals surface area contributed by atoms with E-state index < -0.39 is 0 Å². The molecule has 5 nitrogen and oxygen atoms in total. The minimum absolute atomic E-state index is 0.104. The van der Waals surface area contributed by atoms with E-state index in [1.807, 2.05) is 26.0 Å². The molecule has 1 N–H and O–H groups in total. The Morgan fingerprint density at radius 2 is 2.11 bits per heavy atom. The summed E-state index contributed by atoms with van der Waals surface area (Å²) in [4.78, 5) is 18.0. The molecule has 0 saturated heterocycles. The summed E-state index contributed by atoms with van der Waals surface area (Å²) in [5, 5.41) is 7.32. The number of hydrogen-bond acceptors (Lipinski definition) is 3. The summed E-state index contributed by atoms with van der Waals surface area (Å²) in [5.74, 6) is 1.22. The van der Waals surface area contributed by atoms with Crippen molar-refractivity contribution in [2.45, 2.75) is 20.4 Å². The van der Waals surface area contributed by atoms with Crippen molar-refractivity contribution in [1.82, 2.24) is 20.1 Å².